The Morgan fingerprint density at radius 1 is 1.25 bits per heavy atom. The lowest BCUT2D eigenvalue weighted by atomic mass is 10.2. The molecule has 2 N–H and O–H groups in total. The van der Waals surface area contributed by atoms with Crippen molar-refractivity contribution in [3.8, 4) is 5.75 Å². The van der Waals surface area contributed by atoms with Gasteiger partial charge in [0, 0.05) is 9.50 Å². The van der Waals surface area contributed by atoms with Crippen molar-refractivity contribution >= 4 is 39.7 Å². The van der Waals surface area contributed by atoms with Gasteiger partial charge >= 0.3 is 0 Å². The van der Waals surface area contributed by atoms with Gasteiger partial charge in [-0.3, -0.25) is 4.79 Å². The SMILES string of the molecule is O=C(N/N=C/c1ccc(Cl)cc1)c1ccc(Br)cc1O. The molecule has 2 aromatic rings. The second kappa shape index (κ2) is 6.54. The van der Waals surface area contributed by atoms with Crippen LogP contribution in [0.3, 0.4) is 0 Å². The average molecular weight is 354 g/mol. The van der Waals surface area contributed by atoms with Gasteiger partial charge in [-0.2, -0.15) is 5.10 Å². The van der Waals surface area contributed by atoms with Crippen LogP contribution in [0.15, 0.2) is 52.0 Å². The van der Waals surface area contributed by atoms with Crippen LogP contribution in [-0.4, -0.2) is 17.2 Å². The average Bonchev–Trinajstić information content (AvgIpc) is 2.41. The highest BCUT2D eigenvalue weighted by Gasteiger charge is 2.09. The second-order valence-electron chi connectivity index (χ2n) is 3.91. The van der Waals surface area contributed by atoms with Crippen LogP contribution >= 0.6 is 27.5 Å². The molecule has 102 valence electrons. The van der Waals surface area contributed by atoms with Crippen LogP contribution in [0, 0.1) is 0 Å². The van der Waals surface area contributed by atoms with Crippen molar-refractivity contribution in [2.45, 2.75) is 0 Å². The maximum atomic E-state index is 11.8. The summed E-state index contributed by atoms with van der Waals surface area (Å²) in [5.41, 5.74) is 3.30. The Labute approximate surface area is 129 Å². The van der Waals surface area contributed by atoms with Crippen LogP contribution in [0.2, 0.25) is 5.02 Å². The Bertz CT molecular complexity index is 657. The number of amides is 1. The molecule has 0 unspecified atom stereocenters. The molecule has 0 spiro atoms. The maximum absolute atomic E-state index is 11.8. The summed E-state index contributed by atoms with van der Waals surface area (Å²) < 4.78 is 0.691. The number of benzene rings is 2. The van der Waals surface area contributed by atoms with E-state index in [1.165, 1.54) is 18.3 Å². The molecule has 0 heterocycles. The summed E-state index contributed by atoms with van der Waals surface area (Å²) in [5.74, 6) is -0.598. The van der Waals surface area contributed by atoms with Crippen molar-refractivity contribution in [3.63, 3.8) is 0 Å². The smallest absolute Gasteiger partial charge is 0.275 e. The van der Waals surface area contributed by atoms with Crippen molar-refractivity contribution in [1.29, 1.82) is 0 Å². The first kappa shape index (κ1) is 14.6. The van der Waals surface area contributed by atoms with Crippen molar-refractivity contribution < 1.29 is 9.90 Å². The van der Waals surface area contributed by atoms with E-state index >= 15 is 0 Å². The van der Waals surface area contributed by atoms with E-state index in [4.69, 9.17) is 11.6 Å². The number of nitrogens with one attached hydrogen (secondary N) is 1. The van der Waals surface area contributed by atoms with Gasteiger partial charge in [0.2, 0.25) is 0 Å². The molecule has 0 aliphatic carbocycles. The molecule has 4 nitrogen and oxygen atoms in total. The highest BCUT2D eigenvalue weighted by molar-refractivity contribution is 9.10. The van der Waals surface area contributed by atoms with Crippen molar-refractivity contribution in [1.82, 2.24) is 5.43 Å². The Morgan fingerprint density at radius 2 is 1.95 bits per heavy atom. The molecule has 0 aliphatic heterocycles. The minimum Gasteiger partial charge on any atom is -0.507 e. The van der Waals surface area contributed by atoms with Crippen LogP contribution in [0.5, 0.6) is 5.75 Å². The first-order chi connectivity index (χ1) is 9.56. The largest absolute Gasteiger partial charge is 0.507 e. The predicted octanol–water partition coefficient (Wildman–Crippen LogP) is 3.57. The van der Waals surface area contributed by atoms with Gasteiger partial charge in [0.05, 0.1) is 11.8 Å². The van der Waals surface area contributed by atoms with E-state index in [9.17, 15) is 9.90 Å². The molecular formula is C14H10BrClN2O2. The number of rotatable bonds is 3. The summed E-state index contributed by atoms with van der Waals surface area (Å²) in [6.45, 7) is 0. The summed E-state index contributed by atoms with van der Waals surface area (Å²) in [6.07, 6.45) is 1.49. The minimum absolute atomic E-state index is 0.112. The minimum atomic E-state index is -0.486. The number of hydrogen-bond donors (Lipinski definition) is 2. The lowest BCUT2D eigenvalue weighted by Crippen LogP contribution is -2.17. The van der Waals surface area contributed by atoms with Gasteiger partial charge in [0.15, 0.2) is 0 Å². The van der Waals surface area contributed by atoms with Gasteiger partial charge in [-0.1, -0.05) is 39.7 Å². The first-order valence-electron chi connectivity index (χ1n) is 5.64. The molecule has 0 atom stereocenters. The topological polar surface area (TPSA) is 61.7 Å². The first-order valence-corrected chi connectivity index (χ1v) is 6.81. The van der Waals surface area contributed by atoms with Gasteiger partial charge < -0.3 is 5.11 Å². The molecule has 0 aromatic heterocycles. The lowest BCUT2D eigenvalue weighted by Gasteiger charge is -2.03. The lowest BCUT2D eigenvalue weighted by molar-refractivity contribution is 0.0952. The Hall–Kier alpha value is -1.85. The molecule has 0 saturated heterocycles. The summed E-state index contributed by atoms with van der Waals surface area (Å²) in [6, 6.07) is 11.6. The molecule has 2 rings (SSSR count). The van der Waals surface area contributed by atoms with Crippen LogP contribution in [0.25, 0.3) is 0 Å². The van der Waals surface area contributed by atoms with Crippen LogP contribution in [-0.2, 0) is 0 Å². The predicted molar refractivity (Wildman–Crippen MR) is 82.3 cm³/mol. The summed E-state index contributed by atoms with van der Waals surface area (Å²) >= 11 is 8.96. The standard InChI is InChI=1S/C14H10BrClN2O2/c15-10-3-6-12(13(19)7-10)14(20)18-17-8-9-1-4-11(16)5-2-9/h1-8,19H,(H,18,20)/b17-8+. The zero-order valence-corrected chi connectivity index (χ0v) is 12.5. The number of nitrogens with zero attached hydrogens (tertiary/aromatic N) is 1. The fourth-order valence-corrected chi connectivity index (χ4v) is 1.95. The zero-order chi connectivity index (χ0) is 14.5. The molecule has 0 bridgehead atoms. The number of hydrogen-bond acceptors (Lipinski definition) is 3. The van der Waals surface area contributed by atoms with E-state index in [0.29, 0.717) is 9.50 Å². The quantitative estimate of drug-likeness (QED) is 0.654. The number of phenols is 1. The molecular weight excluding hydrogens is 344 g/mol. The van der Waals surface area contributed by atoms with Crippen LogP contribution in [0.4, 0.5) is 0 Å². The number of carbonyl (C=O) groups is 1. The summed E-state index contributed by atoms with van der Waals surface area (Å²) in [4.78, 5) is 11.8. The van der Waals surface area contributed by atoms with E-state index < -0.39 is 5.91 Å². The Morgan fingerprint density at radius 3 is 2.60 bits per heavy atom. The number of hydrazone groups is 1. The normalized spacial score (nSPS) is 10.7. The van der Waals surface area contributed by atoms with Gasteiger partial charge in [0.1, 0.15) is 5.75 Å². The van der Waals surface area contributed by atoms with Gasteiger partial charge in [-0.05, 0) is 35.9 Å². The monoisotopic (exact) mass is 352 g/mol. The third-order valence-corrected chi connectivity index (χ3v) is 3.20. The molecule has 0 fully saturated rings. The van der Waals surface area contributed by atoms with Crippen molar-refractivity contribution in [3.05, 3.63) is 63.1 Å². The van der Waals surface area contributed by atoms with E-state index in [1.54, 1.807) is 30.3 Å². The molecule has 1 amide bonds. The number of phenolic OH excluding ortho intramolecular Hbond substituents is 1. The fourth-order valence-electron chi connectivity index (χ4n) is 1.47. The third kappa shape index (κ3) is 3.82. The number of carbonyl (C=O) groups excluding carboxylic acids is 1. The zero-order valence-electron chi connectivity index (χ0n) is 10.2. The van der Waals surface area contributed by atoms with E-state index in [1.807, 2.05) is 0 Å². The Kier molecular flexibility index (Phi) is 4.76. The molecule has 6 heteroatoms. The molecule has 0 saturated carbocycles. The highest BCUT2D eigenvalue weighted by Crippen LogP contribution is 2.22. The molecule has 0 radical (unpaired) electrons. The van der Waals surface area contributed by atoms with E-state index in [2.05, 4.69) is 26.5 Å². The molecule has 2 aromatic carbocycles. The highest BCUT2D eigenvalue weighted by atomic mass is 79.9. The van der Waals surface area contributed by atoms with Crippen LogP contribution in [0.1, 0.15) is 15.9 Å². The fraction of sp³-hybridized carbons (Fsp3) is 0. The summed E-state index contributed by atoms with van der Waals surface area (Å²) in [5, 5.41) is 14.1. The van der Waals surface area contributed by atoms with Gasteiger partial charge in [0.25, 0.3) is 5.91 Å². The molecule has 0 aliphatic rings. The summed E-state index contributed by atoms with van der Waals surface area (Å²) in [7, 11) is 0. The third-order valence-electron chi connectivity index (χ3n) is 2.45. The second-order valence-corrected chi connectivity index (χ2v) is 5.26. The van der Waals surface area contributed by atoms with E-state index in [0.717, 1.165) is 5.56 Å². The molecule has 20 heavy (non-hydrogen) atoms. The van der Waals surface area contributed by atoms with Gasteiger partial charge in [-0.25, -0.2) is 5.43 Å². The van der Waals surface area contributed by atoms with E-state index in [-0.39, 0.29) is 11.3 Å². The maximum Gasteiger partial charge on any atom is 0.275 e. The number of aromatic hydroxyl groups is 1. The Balaban J connectivity index is 2.03. The van der Waals surface area contributed by atoms with Crippen molar-refractivity contribution in [2.24, 2.45) is 5.10 Å². The number of halogens is 2. The van der Waals surface area contributed by atoms with Gasteiger partial charge in [-0.15, -0.1) is 0 Å². The van der Waals surface area contributed by atoms with Crippen LogP contribution < -0.4 is 5.43 Å². The van der Waals surface area contributed by atoms with Crippen molar-refractivity contribution in [2.75, 3.05) is 0 Å².